The molecule has 0 aliphatic rings. The highest BCUT2D eigenvalue weighted by molar-refractivity contribution is 5.96. The zero-order valence-corrected chi connectivity index (χ0v) is 12.7. The summed E-state index contributed by atoms with van der Waals surface area (Å²) in [5, 5.41) is 5.39. The molecule has 2 rings (SSSR count). The lowest BCUT2D eigenvalue weighted by Gasteiger charge is -2.11. The maximum absolute atomic E-state index is 12.8. The summed E-state index contributed by atoms with van der Waals surface area (Å²) in [7, 11) is 0. The van der Waals surface area contributed by atoms with Crippen LogP contribution in [0.4, 0.5) is 14.9 Å². The average Bonchev–Trinajstić information content (AvgIpc) is 2.51. The average molecular weight is 315 g/mol. The van der Waals surface area contributed by atoms with Crippen LogP contribution in [0.1, 0.15) is 21.5 Å². The second kappa shape index (κ2) is 7.40. The van der Waals surface area contributed by atoms with Crippen molar-refractivity contribution >= 4 is 17.6 Å². The van der Waals surface area contributed by atoms with Crippen molar-refractivity contribution in [2.45, 2.75) is 13.3 Å². The molecule has 0 bridgehead atoms. The number of nitrogens with two attached hydrogens (primary N) is 1. The fourth-order valence-corrected chi connectivity index (χ4v) is 2.05. The van der Waals surface area contributed by atoms with Crippen molar-refractivity contribution in [1.29, 1.82) is 0 Å². The highest BCUT2D eigenvalue weighted by atomic mass is 19.1. The fourth-order valence-electron chi connectivity index (χ4n) is 2.05. The van der Waals surface area contributed by atoms with E-state index in [1.54, 1.807) is 24.3 Å². The molecule has 0 fully saturated rings. The summed E-state index contributed by atoms with van der Waals surface area (Å²) in [6.45, 7) is 2.23. The van der Waals surface area contributed by atoms with E-state index in [2.05, 4.69) is 10.6 Å². The van der Waals surface area contributed by atoms with Gasteiger partial charge in [0.15, 0.2) is 0 Å². The van der Waals surface area contributed by atoms with Crippen LogP contribution >= 0.6 is 0 Å². The third-order valence-corrected chi connectivity index (χ3v) is 3.38. The van der Waals surface area contributed by atoms with E-state index in [1.165, 1.54) is 18.2 Å². The number of aryl methyl sites for hydroxylation is 1. The van der Waals surface area contributed by atoms with E-state index in [0.717, 1.165) is 11.1 Å². The highest BCUT2D eigenvalue weighted by Gasteiger charge is 2.07. The van der Waals surface area contributed by atoms with Gasteiger partial charge in [-0.25, -0.2) is 9.18 Å². The van der Waals surface area contributed by atoms with E-state index in [9.17, 15) is 14.0 Å². The van der Waals surface area contributed by atoms with Gasteiger partial charge in [0.1, 0.15) is 5.82 Å². The number of benzene rings is 2. The number of rotatable bonds is 5. The molecule has 0 saturated carbocycles. The van der Waals surface area contributed by atoms with Crippen molar-refractivity contribution in [2.24, 2.45) is 5.73 Å². The van der Waals surface area contributed by atoms with Gasteiger partial charge >= 0.3 is 6.03 Å². The number of primary amides is 1. The van der Waals surface area contributed by atoms with Gasteiger partial charge in [-0.15, -0.1) is 0 Å². The number of urea groups is 1. The van der Waals surface area contributed by atoms with Gasteiger partial charge < -0.3 is 16.4 Å². The molecule has 4 N–H and O–H groups in total. The summed E-state index contributed by atoms with van der Waals surface area (Å²) < 4.78 is 12.8. The molecule has 23 heavy (non-hydrogen) atoms. The van der Waals surface area contributed by atoms with E-state index in [0.29, 0.717) is 24.2 Å². The van der Waals surface area contributed by atoms with Gasteiger partial charge in [0.2, 0.25) is 5.91 Å². The molecule has 3 amide bonds. The van der Waals surface area contributed by atoms with Gasteiger partial charge in [0, 0.05) is 17.8 Å². The Bertz CT molecular complexity index is 714. The van der Waals surface area contributed by atoms with Gasteiger partial charge in [0.05, 0.1) is 0 Å². The van der Waals surface area contributed by atoms with Gasteiger partial charge in [-0.1, -0.05) is 18.2 Å². The zero-order valence-electron chi connectivity index (χ0n) is 12.7. The van der Waals surface area contributed by atoms with Crippen LogP contribution in [0.5, 0.6) is 0 Å². The Kier molecular flexibility index (Phi) is 5.30. The molecule has 0 radical (unpaired) electrons. The molecule has 2 aromatic carbocycles. The van der Waals surface area contributed by atoms with Gasteiger partial charge in [0.25, 0.3) is 0 Å². The van der Waals surface area contributed by atoms with Crippen molar-refractivity contribution in [2.75, 3.05) is 11.9 Å². The highest BCUT2D eigenvalue weighted by Crippen LogP contribution is 2.16. The molecule has 0 spiro atoms. The van der Waals surface area contributed by atoms with Crippen LogP contribution in [0.15, 0.2) is 42.5 Å². The minimum absolute atomic E-state index is 0.288. The molecule has 6 heteroatoms. The molecule has 120 valence electrons. The first-order valence-corrected chi connectivity index (χ1v) is 7.15. The predicted octanol–water partition coefficient (Wildman–Crippen LogP) is 2.60. The lowest BCUT2D eigenvalue weighted by atomic mass is 10.1. The molecule has 0 atom stereocenters. The van der Waals surface area contributed by atoms with Crippen LogP contribution < -0.4 is 16.4 Å². The van der Waals surface area contributed by atoms with Crippen molar-refractivity contribution in [3.63, 3.8) is 0 Å². The van der Waals surface area contributed by atoms with E-state index in [1.807, 2.05) is 6.92 Å². The number of anilines is 1. The van der Waals surface area contributed by atoms with Crippen LogP contribution in [0, 0.1) is 12.7 Å². The molecule has 0 unspecified atom stereocenters. The second-order valence-electron chi connectivity index (χ2n) is 5.15. The van der Waals surface area contributed by atoms with Crippen LogP contribution in [0.25, 0.3) is 0 Å². The molecule has 0 aliphatic carbocycles. The third-order valence-electron chi connectivity index (χ3n) is 3.38. The Balaban J connectivity index is 1.88. The minimum Gasteiger partial charge on any atom is -0.366 e. The maximum atomic E-state index is 12.8. The van der Waals surface area contributed by atoms with Crippen molar-refractivity contribution in [1.82, 2.24) is 5.32 Å². The number of carbonyl (C=O) groups is 2. The van der Waals surface area contributed by atoms with Gasteiger partial charge in [-0.05, 0) is 48.7 Å². The number of carbonyl (C=O) groups excluding carboxylic acids is 2. The van der Waals surface area contributed by atoms with Crippen LogP contribution in [-0.4, -0.2) is 18.5 Å². The summed E-state index contributed by atoms with van der Waals surface area (Å²) in [4.78, 5) is 23.1. The van der Waals surface area contributed by atoms with Crippen LogP contribution in [-0.2, 0) is 6.42 Å². The topological polar surface area (TPSA) is 84.2 Å². The first-order chi connectivity index (χ1) is 11.0. The predicted molar refractivity (Wildman–Crippen MR) is 86.8 cm³/mol. The number of amides is 3. The Morgan fingerprint density at radius 2 is 1.83 bits per heavy atom. The molecular formula is C17H18FN3O2. The van der Waals surface area contributed by atoms with E-state index >= 15 is 0 Å². The van der Waals surface area contributed by atoms with Crippen LogP contribution in [0.3, 0.4) is 0 Å². The van der Waals surface area contributed by atoms with Gasteiger partial charge in [-0.3, -0.25) is 4.79 Å². The second-order valence-corrected chi connectivity index (χ2v) is 5.15. The standard InChI is InChI=1S/C17H18FN3O2/c1-11-2-5-13(16(19)22)10-15(11)21-17(23)20-9-8-12-3-6-14(18)7-4-12/h2-7,10H,8-9H2,1H3,(H2,19,22)(H2,20,21,23). The Labute approximate surface area is 133 Å². The summed E-state index contributed by atoms with van der Waals surface area (Å²) in [5.41, 5.74) is 7.84. The first-order valence-electron chi connectivity index (χ1n) is 7.15. The van der Waals surface area contributed by atoms with Crippen molar-refractivity contribution < 1.29 is 14.0 Å². The molecule has 0 saturated heterocycles. The Hall–Kier alpha value is -2.89. The minimum atomic E-state index is -0.551. The maximum Gasteiger partial charge on any atom is 0.319 e. The van der Waals surface area contributed by atoms with E-state index in [4.69, 9.17) is 5.73 Å². The SMILES string of the molecule is Cc1ccc(C(N)=O)cc1NC(=O)NCCc1ccc(F)cc1. The monoisotopic (exact) mass is 315 g/mol. The summed E-state index contributed by atoms with van der Waals surface area (Å²) >= 11 is 0. The molecule has 0 aliphatic heterocycles. The molecule has 0 aromatic heterocycles. The third kappa shape index (κ3) is 4.81. The lowest BCUT2D eigenvalue weighted by molar-refractivity contribution is 0.100. The van der Waals surface area contributed by atoms with Crippen LogP contribution in [0.2, 0.25) is 0 Å². The molecule has 5 nitrogen and oxygen atoms in total. The van der Waals surface area contributed by atoms with Crippen molar-refractivity contribution in [3.05, 3.63) is 65.0 Å². The summed E-state index contributed by atoms with van der Waals surface area (Å²) in [6.07, 6.45) is 0.591. The molecule has 0 heterocycles. The Morgan fingerprint density at radius 3 is 2.48 bits per heavy atom. The van der Waals surface area contributed by atoms with Gasteiger partial charge in [-0.2, -0.15) is 0 Å². The largest absolute Gasteiger partial charge is 0.366 e. The van der Waals surface area contributed by atoms with E-state index < -0.39 is 5.91 Å². The summed E-state index contributed by atoms with van der Waals surface area (Å²) in [6, 6.07) is 10.6. The quantitative estimate of drug-likeness (QED) is 0.792. The lowest BCUT2D eigenvalue weighted by Crippen LogP contribution is -2.30. The number of nitrogens with one attached hydrogen (secondary N) is 2. The number of hydrogen-bond donors (Lipinski definition) is 3. The molecule has 2 aromatic rings. The smallest absolute Gasteiger partial charge is 0.319 e. The fraction of sp³-hybridized carbons (Fsp3) is 0.176. The van der Waals surface area contributed by atoms with E-state index in [-0.39, 0.29) is 11.8 Å². The number of hydrogen-bond acceptors (Lipinski definition) is 2. The summed E-state index contributed by atoms with van der Waals surface area (Å²) in [5.74, 6) is -0.839. The normalized spacial score (nSPS) is 10.2. The number of halogens is 1. The van der Waals surface area contributed by atoms with Crippen molar-refractivity contribution in [3.8, 4) is 0 Å². The molecular weight excluding hydrogens is 297 g/mol. The Morgan fingerprint density at radius 1 is 1.13 bits per heavy atom. The first kappa shape index (κ1) is 16.5. The zero-order chi connectivity index (χ0) is 16.8.